The van der Waals surface area contributed by atoms with Crippen molar-refractivity contribution in [2.45, 2.75) is 0 Å². The zero-order valence-electron chi connectivity index (χ0n) is 10.9. The predicted octanol–water partition coefficient (Wildman–Crippen LogP) is 2.80. The summed E-state index contributed by atoms with van der Waals surface area (Å²) in [4.78, 5) is 0. The number of nitrogens with one attached hydrogen (secondary N) is 1. The first-order chi connectivity index (χ1) is 9.75. The van der Waals surface area contributed by atoms with Crippen molar-refractivity contribution in [3.8, 4) is 11.5 Å². The molecule has 0 aliphatic rings. The highest BCUT2D eigenvalue weighted by Crippen LogP contribution is 2.23. The van der Waals surface area contributed by atoms with Gasteiger partial charge in [0.15, 0.2) is 5.11 Å². The Morgan fingerprint density at radius 2 is 1.60 bits per heavy atom. The largest absolute Gasteiger partial charge is 0.490 e. The minimum Gasteiger partial charge on any atom is -0.490 e. The van der Waals surface area contributed by atoms with Gasteiger partial charge in [0, 0.05) is 0 Å². The summed E-state index contributed by atoms with van der Waals surface area (Å²) in [5.74, 6) is 1.52. The molecule has 2 aromatic carbocycles. The van der Waals surface area contributed by atoms with E-state index in [2.05, 4.69) is 5.32 Å². The van der Waals surface area contributed by atoms with Crippen LogP contribution in [0, 0.1) is 0 Å². The van der Waals surface area contributed by atoms with E-state index in [1.807, 2.05) is 54.6 Å². The lowest BCUT2D eigenvalue weighted by atomic mass is 10.3. The van der Waals surface area contributed by atoms with Crippen molar-refractivity contribution in [2.24, 2.45) is 5.73 Å². The highest BCUT2D eigenvalue weighted by atomic mass is 32.1. The van der Waals surface area contributed by atoms with E-state index in [4.69, 9.17) is 27.4 Å². The molecular formula is C15H16N2O2S. The third-order valence-electron chi connectivity index (χ3n) is 2.50. The first kappa shape index (κ1) is 14.1. The Kier molecular flexibility index (Phi) is 5.20. The van der Waals surface area contributed by atoms with Crippen LogP contribution in [0.5, 0.6) is 11.5 Å². The van der Waals surface area contributed by atoms with Crippen molar-refractivity contribution in [1.82, 2.24) is 0 Å². The fourth-order valence-corrected chi connectivity index (χ4v) is 1.77. The van der Waals surface area contributed by atoms with Crippen LogP contribution in [0.4, 0.5) is 5.69 Å². The molecule has 5 heteroatoms. The number of rotatable bonds is 6. The van der Waals surface area contributed by atoms with Crippen molar-refractivity contribution in [3.63, 3.8) is 0 Å². The molecule has 0 heterocycles. The summed E-state index contributed by atoms with van der Waals surface area (Å²) < 4.78 is 11.2. The van der Waals surface area contributed by atoms with Gasteiger partial charge in [-0.05, 0) is 36.5 Å². The first-order valence-corrected chi connectivity index (χ1v) is 6.62. The van der Waals surface area contributed by atoms with Gasteiger partial charge < -0.3 is 20.5 Å². The second kappa shape index (κ2) is 7.35. The summed E-state index contributed by atoms with van der Waals surface area (Å²) in [6.07, 6.45) is 0. The van der Waals surface area contributed by atoms with E-state index in [-0.39, 0.29) is 5.11 Å². The van der Waals surface area contributed by atoms with E-state index in [1.54, 1.807) is 0 Å². The van der Waals surface area contributed by atoms with Gasteiger partial charge >= 0.3 is 0 Å². The molecule has 3 N–H and O–H groups in total. The lowest BCUT2D eigenvalue weighted by Gasteiger charge is -2.12. The Hall–Kier alpha value is -2.27. The minimum absolute atomic E-state index is 0.210. The molecule has 0 atom stereocenters. The number of benzene rings is 2. The van der Waals surface area contributed by atoms with E-state index in [9.17, 15) is 0 Å². The molecule has 20 heavy (non-hydrogen) atoms. The number of anilines is 1. The third-order valence-corrected chi connectivity index (χ3v) is 2.60. The summed E-state index contributed by atoms with van der Waals surface area (Å²) in [5, 5.41) is 3.09. The molecule has 0 amide bonds. The zero-order chi connectivity index (χ0) is 14.2. The fraction of sp³-hybridized carbons (Fsp3) is 0.133. The molecule has 0 aliphatic heterocycles. The van der Waals surface area contributed by atoms with Crippen LogP contribution in [-0.4, -0.2) is 18.3 Å². The Bertz CT molecular complexity index is 561. The molecule has 0 radical (unpaired) electrons. The van der Waals surface area contributed by atoms with Crippen molar-refractivity contribution < 1.29 is 9.47 Å². The molecule has 0 aliphatic carbocycles. The highest BCUT2D eigenvalue weighted by Gasteiger charge is 2.03. The van der Waals surface area contributed by atoms with E-state index in [0.29, 0.717) is 19.0 Å². The van der Waals surface area contributed by atoms with Crippen molar-refractivity contribution >= 4 is 23.0 Å². The average molecular weight is 288 g/mol. The molecule has 0 aromatic heterocycles. The Balaban J connectivity index is 1.83. The Labute approximate surface area is 123 Å². The van der Waals surface area contributed by atoms with E-state index in [0.717, 1.165) is 11.4 Å². The molecule has 4 nitrogen and oxygen atoms in total. The van der Waals surface area contributed by atoms with Gasteiger partial charge in [0.05, 0.1) is 5.69 Å². The van der Waals surface area contributed by atoms with E-state index < -0.39 is 0 Å². The van der Waals surface area contributed by atoms with E-state index in [1.165, 1.54) is 0 Å². The SMILES string of the molecule is NC(=S)Nc1ccccc1OCCOc1ccccc1. The minimum atomic E-state index is 0.210. The number of thiocarbonyl (C=S) groups is 1. The lowest BCUT2D eigenvalue weighted by Crippen LogP contribution is -2.19. The summed E-state index contributed by atoms with van der Waals surface area (Å²) in [6, 6.07) is 17.1. The van der Waals surface area contributed by atoms with Gasteiger partial charge in [-0.2, -0.15) is 0 Å². The van der Waals surface area contributed by atoms with Gasteiger partial charge in [0.2, 0.25) is 0 Å². The summed E-state index contributed by atoms with van der Waals surface area (Å²) in [5.41, 5.74) is 6.21. The second-order valence-corrected chi connectivity index (χ2v) is 4.44. The Morgan fingerprint density at radius 1 is 0.950 bits per heavy atom. The summed E-state index contributed by atoms with van der Waals surface area (Å²) >= 11 is 4.82. The maximum absolute atomic E-state index is 5.66. The maximum atomic E-state index is 5.66. The molecule has 0 bridgehead atoms. The predicted molar refractivity (Wildman–Crippen MR) is 84.3 cm³/mol. The number of para-hydroxylation sites is 3. The van der Waals surface area contributed by atoms with Crippen LogP contribution in [0.2, 0.25) is 0 Å². The highest BCUT2D eigenvalue weighted by molar-refractivity contribution is 7.80. The number of hydrogen-bond acceptors (Lipinski definition) is 3. The fourth-order valence-electron chi connectivity index (χ4n) is 1.66. The van der Waals surface area contributed by atoms with Crippen molar-refractivity contribution in [2.75, 3.05) is 18.5 Å². The van der Waals surface area contributed by atoms with E-state index >= 15 is 0 Å². The van der Waals surface area contributed by atoms with Crippen molar-refractivity contribution in [3.05, 3.63) is 54.6 Å². The second-order valence-electron chi connectivity index (χ2n) is 4.00. The Morgan fingerprint density at radius 3 is 2.35 bits per heavy atom. The lowest BCUT2D eigenvalue weighted by molar-refractivity contribution is 0.218. The van der Waals surface area contributed by atoms with Crippen LogP contribution < -0.4 is 20.5 Å². The smallest absolute Gasteiger partial charge is 0.168 e. The molecule has 104 valence electrons. The van der Waals surface area contributed by atoms with Crippen LogP contribution in [0.25, 0.3) is 0 Å². The summed E-state index contributed by atoms with van der Waals surface area (Å²) in [7, 11) is 0. The third kappa shape index (κ3) is 4.44. The number of nitrogens with two attached hydrogens (primary N) is 1. The van der Waals surface area contributed by atoms with Crippen LogP contribution in [0.15, 0.2) is 54.6 Å². The number of ether oxygens (including phenoxy) is 2. The van der Waals surface area contributed by atoms with Crippen LogP contribution in [0.3, 0.4) is 0 Å². The van der Waals surface area contributed by atoms with Crippen LogP contribution in [-0.2, 0) is 0 Å². The van der Waals surface area contributed by atoms with Gasteiger partial charge in [-0.25, -0.2) is 0 Å². The number of hydrogen-bond donors (Lipinski definition) is 2. The standard InChI is InChI=1S/C15H16N2O2S/c16-15(20)17-13-8-4-5-9-14(13)19-11-10-18-12-6-2-1-3-7-12/h1-9H,10-11H2,(H3,16,17,20). The van der Waals surface area contributed by atoms with Gasteiger partial charge in [-0.3, -0.25) is 0 Å². The summed E-state index contributed by atoms with van der Waals surface area (Å²) in [6.45, 7) is 0.899. The average Bonchev–Trinajstić information content (AvgIpc) is 2.46. The van der Waals surface area contributed by atoms with Crippen molar-refractivity contribution in [1.29, 1.82) is 0 Å². The van der Waals surface area contributed by atoms with Crippen LogP contribution >= 0.6 is 12.2 Å². The topological polar surface area (TPSA) is 56.5 Å². The van der Waals surface area contributed by atoms with Gasteiger partial charge in [0.25, 0.3) is 0 Å². The van der Waals surface area contributed by atoms with Gasteiger partial charge in [0.1, 0.15) is 24.7 Å². The molecule has 0 saturated carbocycles. The molecule has 0 saturated heterocycles. The molecule has 0 fully saturated rings. The zero-order valence-corrected chi connectivity index (χ0v) is 11.7. The monoisotopic (exact) mass is 288 g/mol. The molecule has 2 rings (SSSR count). The molecular weight excluding hydrogens is 272 g/mol. The molecule has 2 aromatic rings. The first-order valence-electron chi connectivity index (χ1n) is 6.22. The molecule has 0 spiro atoms. The quantitative estimate of drug-likeness (QED) is 0.632. The maximum Gasteiger partial charge on any atom is 0.168 e. The normalized spacial score (nSPS) is 9.80. The molecule has 0 unspecified atom stereocenters. The van der Waals surface area contributed by atoms with Gasteiger partial charge in [-0.15, -0.1) is 0 Å². The van der Waals surface area contributed by atoms with Gasteiger partial charge in [-0.1, -0.05) is 30.3 Å². The van der Waals surface area contributed by atoms with Crippen LogP contribution in [0.1, 0.15) is 0 Å².